The van der Waals surface area contributed by atoms with Crippen molar-refractivity contribution in [2.24, 2.45) is 5.92 Å². The van der Waals surface area contributed by atoms with Crippen LogP contribution < -0.4 is 9.47 Å². The number of benzene rings is 2. The minimum absolute atomic E-state index is 0.0430. The summed E-state index contributed by atoms with van der Waals surface area (Å²) >= 11 is 0. The Kier molecular flexibility index (Phi) is 5.49. The maximum Gasteiger partial charge on any atom is 0.310 e. The lowest BCUT2D eigenvalue weighted by Crippen LogP contribution is -2.33. The third-order valence-electron chi connectivity index (χ3n) is 5.07. The monoisotopic (exact) mass is 368 g/mol. The SMILES string of the molecule is CCOC(=O)[C@@H]1CC(=O)c2cc(C)c(OC)cc2[C@H]1c1ccc(OC)cc1. The molecular formula is C22H24O5. The van der Waals surface area contributed by atoms with Crippen LogP contribution in [0.15, 0.2) is 36.4 Å². The number of hydrogen-bond donors (Lipinski definition) is 0. The van der Waals surface area contributed by atoms with Crippen LogP contribution in [0.3, 0.4) is 0 Å². The van der Waals surface area contributed by atoms with Crippen molar-refractivity contribution >= 4 is 11.8 Å². The van der Waals surface area contributed by atoms with Gasteiger partial charge in [0.2, 0.25) is 0 Å². The number of carbonyl (C=O) groups excluding carboxylic acids is 2. The molecule has 2 aromatic carbocycles. The first-order valence-corrected chi connectivity index (χ1v) is 9.02. The van der Waals surface area contributed by atoms with Gasteiger partial charge in [-0.1, -0.05) is 12.1 Å². The Bertz CT molecular complexity index is 854. The number of aryl methyl sites for hydroxylation is 1. The third kappa shape index (κ3) is 3.54. The van der Waals surface area contributed by atoms with Crippen LogP contribution >= 0.6 is 0 Å². The molecule has 5 nitrogen and oxygen atoms in total. The molecule has 2 aromatic rings. The lowest BCUT2D eigenvalue weighted by molar-refractivity contribution is -0.148. The Morgan fingerprint density at radius 1 is 1.11 bits per heavy atom. The van der Waals surface area contributed by atoms with Crippen LogP contribution in [0, 0.1) is 12.8 Å². The molecule has 0 saturated heterocycles. The molecule has 0 saturated carbocycles. The number of ether oxygens (including phenoxy) is 3. The fourth-order valence-electron chi connectivity index (χ4n) is 3.76. The lowest BCUT2D eigenvalue weighted by Gasteiger charge is -2.32. The number of esters is 1. The summed E-state index contributed by atoms with van der Waals surface area (Å²) in [5.41, 5.74) is 3.28. The summed E-state index contributed by atoms with van der Waals surface area (Å²) in [4.78, 5) is 25.4. The summed E-state index contributed by atoms with van der Waals surface area (Å²) in [6, 6.07) is 11.3. The summed E-state index contributed by atoms with van der Waals surface area (Å²) in [5, 5.41) is 0. The highest BCUT2D eigenvalue weighted by Gasteiger charge is 2.40. The Balaban J connectivity index is 2.17. The normalized spacial score (nSPS) is 18.6. The zero-order valence-corrected chi connectivity index (χ0v) is 16.1. The van der Waals surface area contributed by atoms with Gasteiger partial charge in [-0.25, -0.2) is 0 Å². The van der Waals surface area contributed by atoms with Gasteiger partial charge in [-0.3, -0.25) is 9.59 Å². The maximum atomic E-state index is 12.8. The standard InChI is InChI=1S/C22H24O5/c1-5-27-22(24)18-11-19(23)16-10-13(2)20(26-4)12-17(16)21(18)14-6-8-15(25-3)9-7-14/h6-10,12,18,21H,5,11H2,1-4H3/t18-,21-/m1/s1. The van der Waals surface area contributed by atoms with E-state index in [1.165, 1.54) is 0 Å². The molecule has 1 aliphatic carbocycles. The van der Waals surface area contributed by atoms with Crippen molar-refractivity contribution in [3.05, 3.63) is 58.7 Å². The van der Waals surface area contributed by atoms with E-state index in [4.69, 9.17) is 14.2 Å². The zero-order chi connectivity index (χ0) is 19.6. The molecule has 5 heteroatoms. The van der Waals surface area contributed by atoms with E-state index in [-0.39, 0.29) is 30.7 Å². The van der Waals surface area contributed by atoms with Gasteiger partial charge in [0.15, 0.2) is 5.78 Å². The van der Waals surface area contributed by atoms with Crippen LogP contribution in [0.1, 0.15) is 46.3 Å². The second-order valence-corrected chi connectivity index (χ2v) is 6.65. The van der Waals surface area contributed by atoms with Gasteiger partial charge >= 0.3 is 5.97 Å². The molecule has 27 heavy (non-hydrogen) atoms. The van der Waals surface area contributed by atoms with Crippen molar-refractivity contribution in [1.29, 1.82) is 0 Å². The molecule has 0 fully saturated rings. The quantitative estimate of drug-likeness (QED) is 0.749. The van der Waals surface area contributed by atoms with E-state index in [1.807, 2.05) is 43.3 Å². The molecule has 0 bridgehead atoms. The fraction of sp³-hybridized carbons (Fsp3) is 0.364. The van der Waals surface area contributed by atoms with E-state index in [1.54, 1.807) is 21.1 Å². The number of methoxy groups -OCH3 is 2. The van der Waals surface area contributed by atoms with Crippen molar-refractivity contribution in [2.45, 2.75) is 26.2 Å². The van der Waals surface area contributed by atoms with Crippen LogP contribution in [0.25, 0.3) is 0 Å². The minimum Gasteiger partial charge on any atom is -0.497 e. The summed E-state index contributed by atoms with van der Waals surface area (Å²) in [6.45, 7) is 3.96. The number of carbonyl (C=O) groups is 2. The second kappa shape index (κ2) is 7.82. The number of hydrogen-bond acceptors (Lipinski definition) is 5. The highest BCUT2D eigenvalue weighted by atomic mass is 16.5. The first-order chi connectivity index (χ1) is 13.0. The predicted octanol–water partition coefficient (Wildman–Crippen LogP) is 3.91. The molecular weight excluding hydrogens is 344 g/mol. The Hall–Kier alpha value is -2.82. The van der Waals surface area contributed by atoms with E-state index in [0.717, 1.165) is 22.4 Å². The molecule has 0 aliphatic heterocycles. The van der Waals surface area contributed by atoms with Crippen molar-refractivity contribution in [3.63, 3.8) is 0 Å². The van der Waals surface area contributed by atoms with Gasteiger partial charge in [0.05, 0.1) is 26.7 Å². The van der Waals surface area contributed by atoms with Gasteiger partial charge in [-0.05, 0) is 54.8 Å². The van der Waals surface area contributed by atoms with Crippen LogP contribution in [0.2, 0.25) is 0 Å². The highest BCUT2D eigenvalue weighted by Crippen LogP contribution is 2.44. The lowest BCUT2D eigenvalue weighted by atomic mass is 9.71. The van der Waals surface area contributed by atoms with Gasteiger partial charge in [0, 0.05) is 17.9 Å². The molecule has 0 heterocycles. The van der Waals surface area contributed by atoms with Crippen molar-refractivity contribution in [1.82, 2.24) is 0 Å². The summed E-state index contributed by atoms with van der Waals surface area (Å²) < 4.78 is 16.0. The molecule has 0 N–H and O–H groups in total. The number of ketones is 1. The second-order valence-electron chi connectivity index (χ2n) is 6.65. The van der Waals surface area contributed by atoms with Crippen molar-refractivity contribution in [3.8, 4) is 11.5 Å². The molecule has 2 atom stereocenters. The molecule has 0 aromatic heterocycles. The number of rotatable bonds is 5. The Labute approximate surface area is 159 Å². The molecule has 0 radical (unpaired) electrons. The van der Waals surface area contributed by atoms with E-state index < -0.39 is 5.92 Å². The molecule has 0 spiro atoms. The topological polar surface area (TPSA) is 61.8 Å². The van der Waals surface area contributed by atoms with Crippen LogP contribution in [0.4, 0.5) is 0 Å². The van der Waals surface area contributed by atoms with Crippen molar-refractivity contribution in [2.75, 3.05) is 20.8 Å². The summed E-state index contributed by atoms with van der Waals surface area (Å²) in [6.07, 6.45) is 0.133. The molecule has 0 amide bonds. The first kappa shape index (κ1) is 19.0. The van der Waals surface area contributed by atoms with E-state index in [9.17, 15) is 9.59 Å². The van der Waals surface area contributed by atoms with Gasteiger partial charge in [-0.15, -0.1) is 0 Å². The fourth-order valence-corrected chi connectivity index (χ4v) is 3.76. The predicted molar refractivity (Wildman–Crippen MR) is 102 cm³/mol. The highest BCUT2D eigenvalue weighted by molar-refractivity contribution is 6.02. The van der Waals surface area contributed by atoms with Gasteiger partial charge < -0.3 is 14.2 Å². The Morgan fingerprint density at radius 2 is 1.81 bits per heavy atom. The molecule has 3 rings (SSSR count). The average molecular weight is 368 g/mol. The molecule has 0 unspecified atom stereocenters. The first-order valence-electron chi connectivity index (χ1n) is 9.02. The summed E-state index contributed by atoms with van der Waals surface area (Å²) in [5.74, 6) is 0.197. The van der Waals surface area contributed by atoms with Crippen molar-refractivity contribution < 1.29 is 23.8 Å². The molecule has 142 valence electrons. The minimum atomic E-state index is -0.564. The van der Waals surface area contributed by atoms with Crippen LogP contribution in [-0.4, -0.2) is 32.6 Å². The largest absolute Gasteiger partial charge is 0.497 e. The zero-order valence-electron chi connectivity index (χ0n) is 16.1. The summed E-state index contributed by atoms with van der Waals surface area (Å²) in [7, 11) is 3.21. The average Bonchev–Trinajstić information content (AvgIpc) is 2.68. The Morgan fingerprint density at radius 3 is 2.41 bits per heavy atom. The molecule has 1 aliphatic rings. The third-order valence-corrected chi connectivity index (χ3v) is 5.07. The smallest absolute Gasteiger partial charge is 0.310 e. The number of Topliss-reactive ketones (excluding diaryl/α,β-unsaturated/α-hetero) is 1. The van der Waals surface area contributed by atoms with Gasteiger partial charge in [0.1, 0.15) is 11.5 Å². The van der Waals surface area contributed by atoms with E-state index in [2.05, 4.69) is 0 Å². The van der Waals surface area contributed by atoms with Gasteiger partial charge in [0.25, 0.3) is 0 Å². The van der Waals surface area contributed by atoms with Gasteiger partial charge in [-0.2, -0.15) is 0 Å². The number of fused-ring (bicyclic) bond motifs is 1. The maximum absolute atomic E-state index is 12.8. The van der Waals surface area contributed by atoms with E-state index >= 15 is 0 Å². The van der Waals surface area contributed by atoms with Crippen LogP contribution in [-0.2, 0) is 9.53 Å². The van der Waals surface area contributed by atoms with Crippen LogP contribution in [0.5, 0.6) is 11.5 Å². The van der Waals surface area contributed by atoms with E-state index in [0.29, 0.717) is 11.3 Å².